The average Bonchev–Trinajstić information content (AvgIpc) is 2.61. The van der Waals surface area contributed by atoms with E-state index in [-0.39, 0.29) is 13.2 Å². The van der Waals surface area contributed by atoms with Crippen molar-refractivity contribution in [3.8, 4) is 0 Å². The highest BCUT2D eigenvalue weighted by Crippen LogP contribution is 2.46. The van der Waals surface area contributed by atoms with Crippen LogP contribution in [0.15, 0.2) is 24.3 Å². The van der Waals surface area contributed by atoms with E-state index < -0.39 is 52.9 Å². The van der Waals surface area contributed by atoms with Crippen LogP contribution in [0.4, 0.5) is 0 Å². The van der Waals surface area contributed by atoms with Crippen LogP contribution >= 0.6 is 11.6 Å². The molecule has 1 aliphatic rings. The number of hydrogen-bond acceptors (Lipinski definition) is 8. The van der Waals surface area contributed by atoms with Crippen molar-refractivity contribution in [2.24, 2.45) is 0 Å². The zero-order chi connectivity index (χ0) is 21.1. The Morgan fingerprint density at radius 1 is 1.11 bits per heavy atom. The molecule has 1 saturated carbocycles. The van der Waals surface area contributed by atoms with Crippen LogP contribution in [0.2, 0.25) is 5.02 Å². The lowest BCUT2D eigenvalue weighted by Crippen LogP contribution is -2.70. The van der Waals surface area contributed by atoms with Gasteiger partial charge in [-0.25, -0.2) is 9.59 Å². The van der Waals surface area contributed by atoms with E-state index in [1.165, 1.54) is 13.8 Å². The second-order valence-electron chi connectivity index (χ2n) is 6.63. The van der Waals surface area contributed by atoms with Crippen LogP contribution < -0.4 is 0 Å². The lowest BCUT2D eigenvalue weighted by atomic mass is 9.64. The summed E-state index contributed by atoms with van der Waals surface area (Å²) in [5.74, 6) is -3.33. The number of aliphatic hydroxyl groups is 2. The third-order valence-electron chi connectivity index (χ3n) is 4.83. The van der Waals surface area contributed by atoms with Gasteiger partial charge in [-0.2, -0.15) is 0 Å². The van der Waals surface area contributed by atoms with E-state index in [1.807, 2.05) is 0 Å². The number of carbonyl (C=O) groups excluding carboxylic acids is 2. The van der Waals surface area contributed by atoms with Crippen molar-refractivity contribution in [1.82, 2.24) is 0 Å². The Morgan fingerprint density at radius 2 is 1.54 bits per heavy atom. The first-order valence-corrected chi connectivity index (χ1v) is 9.16. The van der Waals surface area contributed by atoms with Crippen LogP contribution in [0.3, 0.4) is 0 Å². The minimum Gasteiger partial charge on any atom is -0.464 e. The quantitative estimate of drug-likeness (QED) is 0.404. The Hall–Kier alpha value is -2.23. The molecule has 0 aliphatic heterocycles. The maximum Gasteiger partial charge on any atom is 0.345 e. The number of nitro groups is 1. The summed E-state index contributed by atoms with van der Waals surface area (Å²) in [5, 5.41) is 34.2. The second kappa shape index (κ2) is 8.42. The lowest BCUT2D eigenvalue weighted by Gasteiger charge is -2.44. The fraction of sp³-hybridized carbons (Fsp3) is 0.556. The monoisotopic (exact) mass is 415 g/mol. The SMILES string of the molecule is CCOC(=O)[C@]1(O)C[C@H](c2ccc(Cl)cc2)C[C@](O)(C(=O)OCC)[C@H]1[N+](=O)[O-]. The third-order valence-corrected chi connectivity index (χ3v) is 5.08. The van der Waals surface area contributed by atoms with E-state index in [9.17, 15) is 29.9 Å². The van der Waals surface area contributed by atoms with Gasteiger partial charge in [0.15, 0.2) is 0 Å². The summed E-state index contributed by atoms with van der Waals surface area (Å²) >= 11 is 5.87. The molecule has 1 fully saturated rings. The van der Waals surface area contributed by atoms with E-state index in [0.717, 1.165) is 0 Å². The normalized spacial score (nSPS) is 29.8. The summed E-state index contributed by atoms with van der Waals surface area (Å²) in [6.45, 7) is 2.66. The molecule has 0 aromatic heterocycles. The van der Waals surface area contributed by atoms with E-state index in [0.29, 0.717) is 10.6 Å². The molecular formula is C18H22ClNO8. The number of nitrogens with zero attached hydrogens (tertiary/aromatic N) is 1. The number of benzene rings is 1. The Kier molecular flexibility index (Phi) is 6.63. The zero-order valence-electron chi connectivity index (χ0n) is 15.5. The molecule has 0 spiro atoms. The summed E-state index contributed by atoms with van der Waals surface area (Å²) in [6, 6.07) is 3.96. The van der Waals surface area contributed by atoms with Gasteiger partial charge >= 0.3 is 11.9 Å². The van der Waals surface area contributed by atoms with Gasteiger partial charge in [0, 0.05) is 22.8 Å². The van der Waals surface area contributed by atoms with Crippen LogP contribution in [0, 0.1) is 10.1 Å². The van der Waals surface area contributed by atoms with Crippen LogP contribution in [0.25, 0.3) is 0 Å². The first-order valence-electron chi connectivity index (χ1n) is 8.78. The molecule has 0 radical (unpaired) electrons. The largest absolute Gasteiger partial charge is 0.464 e. The van der Waals surface area contributed by atoms with Crippen molar-refractivity contribution < 1.29 is 34.2 Å². The van der Waals surface area contributed by atoms with Crippen molar-refractivity contribution >= 4 is 23.5 Å². The molecule has 0 bridgehead atoms. The fourth-order valence-corrected chi connectivity index (χ4v) is 3.79. The van der Waals surface area contributed by atoms with Gasteiger partial charge in [-0.3, -0.25) is 10.1 Å². The molecular weight excluding hydrogens is 394 g/mol. The first kappa shape index (κ1) is 22.1. The molecule has 4 atom stereocenters. The van der Waals surface area contributed by atoms with E-state index >= 15 is 0 Å². The molecule has 9 nitrogen and oxygen atoms in total. The van der Waals surface area contributed by atoms with Crippen molar-refractivity contribution in [3.63, 3.8) is 0 Å². The Morgan fingerprint density at radius 3 is 1.89 bits per heavy atom. The Balaban J connectivity index is 2.60. The van der Waals surface area contributed by atoms with Crippen molar-refractivity contribution in [2.45, 2.75) is 49.9 Å². The number of hydrogen-bond donors (Lipinski definition) is 2. The van der Waals surface area contributed by atoms with Crippen molar-refractivity contribution in [3.05, 3.63) is 45.0 Å². The topological polar surface area (TPSA) is 136 Å². The van der Waals surface area contributed by atoms with Crippen LogP contribution in [0.1, 0.15) is 38.2 Å². The molecule has 2 N–H and O–H groups in total. The average molecular weight is 416 g/mol. The molecule has 0 saturated heterocycles. The molecule has 0 heterocycles. The van der Waals surface area contributed by atoms with Gasteiger partial charge < -0.3 is 19.7 Å². The van der Waals surface area contributed by atoms with Crippen LogP contribution in [-0.2, 0) is 19.1 Å². The highest BCUT2D eigenvalue weighted by Gasteiger charge is 2.71. The molecule has 1 aromatic carbocycles. The van der Waals surface area contributed by atoms with E-state index in [2.05, 4.69) is 0 Å². The van der Waals surface area contributed by atoms with Crippen LogP contribution in [-0.4, -0.2) is 57.5 Å². The van der Waals surface area contributed by atoms with Gasteiger partial charge in [0.25, 0.3) is 6.04 Å². The zero-order valence-corrected chi connectivity index (χ0v) is 16.2. The summed E-state index contributed by atoms with van der Waals surface area (Å²) in [5.41, 5.74) is -4.93. The van der Waals surface area contributed by atoms with Crippen molar-refractivity contribution in [2.75, 3.05) is 13.2 Å². The summed E-state index contributed by atoms with van der Waals surface area (Å²) in [6.07, 6.45) is -0.832. The second-order valence-corrected chi connectivity index (χ2v) is 7.07. The first-order chi connectivity index (χ1) is 13.1. The van der Waals surface area contributed by atoms with Gasteiger partial charge in [0.05, 0.1) is 13.2 Å². The fourth-order valence-electron chi connectivity index (χ4n) is 3.66. The summed E-state index contributed by atoms with van der Waals surface area (Å²) in [4.78, 5) is 35.7. The Bertz CT molecular complexity index is 720. The predicted octanol–water partition coefficient (Wildman–Crippen LogP) is 1.45. The smallest absolute Gasteiger partial charge is 0.345 e. The molecule has 154 valence electrons. The molecule has 1 aromatic rings. The summed E-state index contributed by atoms with van der Waals surface area (Å²) < 4.78 is 9.65. The van der Waals surface area contributed by atoms with Gasteiger partial charge in [0.2, 0.25) is 11.2 Å². The molecule has 0 unspecified atom stereocenters. The highest BCUT2D eigenvalue weighted by atomic mass is 35.5. The number of rotatable bonds is 6. The van der Waals surface area contributed by atoms with E-state index in [4.69, 9.17) is 21.1 Å². The molecule has 1 aliphatic carbocycles. The number of halogens is 1. The number of ether oxygens (including phenoxy) is 2. The van der Waals surface area contributed by atoms with Crippen LogP contribution in [0.5, 0.6) is 0 Å². The maximum atomic E-state index is 12.5. The summed E-state index contributed by atoms with van der Waals surface area (Å²) in [7, 11) is 0. The molecule has 28 heavy (non-hydrogen) atoms. The van der Waals surface area contributed by atoms with E-state index in [1.54, 1.807) is 24.3 Å². The molecule has 2 rings (SSSR count). The number of carbonyl (C=O) groups is 2. The van der Waals surface area contributed by atoms with Crippen molar-refractivity contribution in [1.29, 1.82) is 0 Å². The van der Waals surface area contributed by atoms with Gasteiger partial charge in [-0.1, -0.05) is 23.7 Å². The minimum absolute atomic E-state index is 0.144. The standard InChI is InChI=1S/C18H22ClNO8/c1-3-27-15(21)17(23)9-12(11-5-7-13(19)8-6-11)10-18(24,14(17)20(25)26)16(22)28-4-2/h5-8,12,14,23-24H,3-4,9-10H2,1-2H3/t12-,14-,17-,18+. The molecule has 0 amide bonds. The Labute approximate surface area is 166 Å². The van der Waals surface area contributed by atoms with Gasteiger partial charge in [0.1, 0.15) is 0 Å². The van der Waals surface area contributed by atoms with Gasteiger partial charge in [-0.05, 0) is 37.5 Å². The minimum atomic E-state index is -2.73. The van der Waals surface area contributed by atoms with Gasteiger partial charge in [-0.15, -0.1) is 0 Å². The molecule has 10 heteroatoms. The predicted molar refractivity (Wildman–Crippen MR) is 97.4 cm³/mol. The highest BCUT2D eigenvalue weighted by molar-refractivity contribution is 6.30. The lowest BCUT2D eigenvalue weighted by molar-refractivity contribution is -0.566. The third kappa shape index (κ3) is 3.96. The number of esters is 2. The maximum absolute atomic E-state index is 12.5.